The zero-order chi connectivity index (χ0) is 9.42. The molecule has 0 radical (unpaired) electrons. The smallest absolute Gasteiger partial charge is 0.124 e. The van der Waals surface area contributed by atoms with Crippen LogP contribution in [0.25, 0.3) is 0 Å². The van der Waals surface area contributed by atoms with Crippen LogP contribution in [0.4, 0.5) is 0 Å². The molecular weight excluding hydrogens is 162 g/mol. The van der Waals surface area contributed by atoms with Gasteiger partial charge in [-0.2, -0.15) is 0 Å². The van der Waals surface area contributed by atoms with E-state index in [2.05, 4.69) is 26.0 Å². The summed E-state index contributed by atoms with van der Waals surface area (Å²) < 4.78 is 5.42. The molecule has 70 valence electrons. The van der Waals surface area contributed by atoms with E-state index in [1.807, 2.05) is 6.07 Å². The van der Waals surface area contributed by atoms with Crippen LogP contribution < -0.4 is 10.5 Å². The second-order valence-corrected chi connectivity index (χ2v) is 3.87. The molecule has 0 amide bonds. The van der Waals surface area contributed by atoms with Gasteiger partial charge in [0.05, 0.1) is 6.04 Å². The number of ether oxygens (including phenoxy) is 1. The Bertz CT molecular complexity index is 320. The summed E-state index contributed by atoms with van der Waals surface area (Å²) in [5.41, 5.74) is 8.38. The van der Waals surface area contributed by atoms with Crippen LogP contribution in [-0.2, 0) is 0 Å². The van der Waals surface area contributed by atoms with Gasteiger partial charge in [-0.05, 0) is 17.5 Å². The molecule has 1 aromatic rings. The third-order valence-electron chi connectivity index (χ3n) is 2.52. The zero-order valence-corrected chi connectivity index (χ0v) is 8.08. The minimum atomic E-state index is 0.0636. The molecule has 2 rings (SSSR count). The van der Waals surface area contributed by atoms with Gasteiger partial charge < -0.3 is 10.5 Å². The molecule has 2 N–H and O–H groups in total. The topological polar surface area (TPSA) is 35.2 Å². The molecule has 2 nitrogen and oxygen atoms in total. The minimum Gasteiger partial charge on any atom is -0.491 e. The normalized spacial score (nSPS) is 20.2. The lowest BCUT2D eigenvalue weighted by Crippen LogP contribution is -2.10. The van der Waals surface area contributed by atoms with Gasteiger partial charge in [-0.25, -0.2) is 0 Å². The molecule has 0 spiro atoms. The molecule has 0 fully saturated rings. The average Bonchev–Trinajstić information content (AvgIpc) is 2.47. The minimum absolute atomic E-state index is 0.0636. The number of fused-ring (bicyclic) bond motifs is 1. The number of hydrogen-bond acceptors (Lipinski definition) is 2. The largest absolute Gasteiger partial charge is 0.491 e. The first-order chi connectivity index (χ1) is 6.18. The van der Waals surface area contributed by atoms with E-state index >= 15 is 0 Å². The second kappa shape index (κ2) is 3.04. The van der Waals surface area contributed by atoms with Gasteiger partial charge in [-0.1, -0.05) is 26.0 Å². The summed E-state index contributed by atoms with van der Waals surface area (Å²) in [6.45, 7) is 4.99. The van der Waals surface area contributed by atoms with Crippen molar-refractivity contribution >= 4 is 0 Å². The molecule has 1 unspecified atom stereocenters. The molecule has 1 heterocycles. The Hall–Kier alpha value is -1.02. The van der Waals surface area contributed by atoms with Crippen LogP contribution in [-0.4, -0.2) is 6.61 Å². The lowest BCUT2D eigenvalue weighted by molar-refractivity contribution is 0.333. The van der Waals surface area contributed by atoms with Crippen molar-refractivity contribution in [3.05, 3.63) is 29.3 Å². The van der Waals surface area contributed by atoms with Crippen molar-refractivity contribution in [3.8, 4) is 5.75 Å². The maximum absolute atomic E-state index is 5.89. The van der Waals surface area contributed by atoms with E-state index in [1.165, 1.54) is 5.56 Å². The highest BCUT2D eigenvalue weighted by Gasteiger charge is 2.20. The van der Waals surface area contributed by atoms with Crippen molar-refractivity contribution in [2.45, 2.75) is 25.8 Å². The monoisotopic (exact) mass is 177 g/mol. The Balaban J connectivity index is 2.42. The fourth-order valence-corrected chi connectivity index (χ4v) is 1.62. The van der Waals surface area contributed by atoms with Crippen molar-refractivity contribution in [2.24, 2.45) is 5.73 Å². The van der Waals surface area contributed by atoms with Crippen molar-refractivity contribution in [1.29, 1.82) is 0 Å². The van der Waals surface area contributed by atoms with Gasteiger partial charge in [0.1, 0.15) is 12.4 Å². The summed E-state index contributed by atoms with van der Waals surface area (Å²) in [5.74, 6) is 1.51. The molecule has 0 bridgehead atoms. The van der Waals surface area contributed by atoms with Crippen molar-refractivity contribution in [3.63, 3.8) is 0 Å². The Morgan fingerprint density at radius 3 is 2.92 bits per heavy atom. The predicted octanol–water partition coefficient (Wildman–Crippen LogP) is 2.20. The summed E-state index contributed by atoms with van der Waals surface area (Å²) in [5, 5.41) is 0. The fourth-order valence-electron chi connectivity index (χ4n) is 1.62. The number of benzene rings is 1. The molecule has 1 aliphatic rings. The average molecular weight is 177 g/mol. The number of rotatable bonds is 1. The van der Waals surface area contributed by atoms with Crippen molar-refractivity contribution < 1.29 is 4.74 Å². The Labute approximate surface area is 78.7 Å². The quantitative estimate of drug-likeness (QED) is 0.713. The van der Waals surface area contributed by atoms with Crippen LogP contribution in [0.1, 0.15) is 36.9 Å². The van der Waals surface area contributed by atoms with Crippen LogP contribution in [0, 0.1) is 0 Å². The molecule has 1 aromatic carbocycles. The number of nitrogens with two attached hydrogens (primary N) is 1. The Kier molecular flexibility index (Phi) is 2.00. The molecule has 0 saturated heterocycles. The summed E-state index contributed by atoms with van der Waals surface area (Å²) in [4.78, 5) is 0. The first kappa shape index (κ1) is 8.57. The van der Waals surface area contributed by atoms with Crippen LogP contribution in [0.3, 0.4) is 0 Å². The van der Waals surface area contributed by atoms with E-state index < -0.39 is 0 Å². The molecule has 0 saturated carbocycles. The van der Waals surface area contributed by atoms with E-state index in [0.29, 0.717) is 12.5 Å². The zero-order valence-electron chi connectivity index (χ0n) is 8.08. The predicted molar refractivity (Wildman–Crippen MR) is 53.0 cm³/mol. The van der Waals surface area contributed by atoms with Crippen molar-refractivity contribution in [1.82, 2.24) is 0 Å². The summed E-state index contributed by atoms with van der Waals surface area (Å²) >= 11 is 0. The van der Waals surface area contributed by atoms with Gasteiger partial charge in [-0.15, -0.1) is 0 Å². The molecule has 13 heavy (non-hydrogen) atoms. The van der Waals surface area contributed by atoms with Gasteiger partial charge in [-0.3, -0.25) is 0 Å². The Morgan fingerprint density at radius 2 is 2.23 bits per heavy atom. The van der Waals surface area contributed by atoms with Gasteiger partial charge in [0, 0.05) is 5.56 Å². The SMILES string of the molecule is CC(C)c1ccc2c(c1)C(N)CO2. The standard InChI is InChI=1S/C11H15NO/c1-7(2)8-3-4-11-9(5-8)10(12)6-13-11/h3-5,7,10H,6,12H2,1-2H3. The van der Waals surface area contributed by atoms with Gasteiger partial charge in [0.15, 0.2) is 0 Å². The van der Waals surface area contributed by atoms with Crippen molar-refractivity contribution in [2.75, 3.05) is 6.61 Å². The number of hydrogen-bond donors (Lipinski definition) is 1. The Morgan fingerprint density at radius 1 is 1.46 bits per heavy atom. The summed E-state index contributed by atoms with van der Waals surface area (Å²) in [6, 6.07) is 6.37. The summed E-state index contributed by atoms with van der Waals surface area (Å²) in [6.07, 6.45) is 0. The van der Waals surface area contributed by atoms with Gasteiger partial charge >= 0.3 is 0 Å². The van der Waals surface area contributed by atoms with E-state index in [0.717, 1.165) is 11.3 Å². The second-order valence-electron chi connectivity index (χ2n) is 3.87. The maximum atomic E-state index is 5.89. The van der Waals surface area contributed by atoms with Crippen LogP contribution in [0.15, 0.2) is 18.2 Å². The first-order valence-electron chi connectivity index (χ1n) is 4.70. The maximum Gasteiger partial charge on any atom is 0.124 e. The molecule has 2 heteroatoms. The van der Waals surface area contributed by atoms with Crippen LogP contribution >= 0.6 is 0 Å². The first-order valence-corrected chi connectivity index (χ1v) is 4.70. The van der Waals surface area contributed by atoms with Gasteiger partial charge in [0.25, 0.3) is 0 Å². The van der Waals surface area contributed by atoms with E-state index in [9.17, 15) is 0 Å². The van der Waals surface area contributed by atoms with E-state index in [1.54, 1.807) is 0 Å². The molecule has 0 aliphatic carbocycles. The molecular formula is C11H15NO. The third-order valence-corrected chi connectivity index (χ3v) is 2.52. The van der Waals surface area contributed by atoms with Crippen LogP contribution in [0.5, 0.6) is 5.75 Å². The summed E-state index contributed by atoms with van der Waals surface area (Å²) in [7, 11) is 0. The van der Waals surface area contributed by atoms with Gasteiger partial charge in [0.2, 0.25) is 0 Å². The molecule has 1 aliphatic heterocycles. The lowest BCUT2D eigenvalue weighted by atomic mass is 9.98. The third kappa shape index (κ3) is 1.42. The molecule has 0 aromatic heterocycles. The van der Waals surface area contributed by atoms with E-state index in [-0.39, 0.29) is 6.04 Å². The fraction of sp³-hybridized carbons (Fsp3) is 0.455. The highest BCUT2D eigenvalue weighted by atomic mass is 16.5. The highest BCUT2D eigenvalue weighted by molar-refractivity contribution is 5.42. The molecule has 1 atom stereocenters. The van der Waals surface area contributed by atoms with E-state index in [4.69, 9.17) is 10.5 Å². The lowest BCUT2D eigenvalue weighted by Gasteiger charge is -2.07. The highest BCUT2D eigenvalue weighted by Crippen LogP contribution is 2.33. The van der Waals surface area contributed by atoms with Crippen LogP contribution in [0.2, 0.25) is 0 Å².